The van der Waals surface area contributed by atoms with Crippen molar-refractivity contribution in [1.82, 2.24) is 14.7 Å². The van der Waals surface area contributed by atoms with Crippen LogP contribution in [0.1, 0.15) is 31.5 Å². The summed E-state index contributed by atoms with van der Waals surface area (Å²) in [6.45, 7) is 5.17. The van der Waals surface area contributed by atoms with Crippen LogP contribution < -0.4 is 5.73 Å². The second kappa shape index (κ2) is 4.15. The van der Waals surface area contributed by atoms with Gasteiger partial charge in [0.2, 0.25) is 5.91 Å². The van der Waals surface area contributed by atoms with Gasteiger partial charge in [0.25, 0.3) is 0 Å². The summed E-state index contributed by atoms with van der Waals surface area (Å²) in [6.07, 6.45) is 1.87. The van der Waals surface area contributed by atoms with E-state index in [4.69, 9.17) is 5.73 Å². The number of carbonyl (C=O) groups is 1. The van der Waals surface area contributed by atoms with Gasteiger partial charge < -0.3 is 10.6 Å². The zero-order valence-corrected chi connectivity index (χ0v) is 9.81. The van der Waals surface area contributed by atoms with Crippen molar-refractivity contribution in [3.63, 3.8) is 0 Å². The average Bonchev–Trinajstić information content (AvgIpc) is 2.58. The van der Waals surface area contributed by atoms with Crippen molar-refractivity contribution in [2.45, 2.75) is 32.7 Å². The average molecular weight is 222 g/mol. The number of aryl methyl sites for hydroxylation is 1. The van der Waals surface area contributed by atoms with Gasteiger partial charge in [0.05, 0.1) is 11.7 Å². The number of rotatable bonds is 1. The summed E-state index contributed by atoms with van der Waals surface area (Å²) in [5, 5.41) is 4.39. The number of amides is 1. The number of nitrogens with zero attached hydrogens (tertiary/aromatic N) is 3. The molecule has 1 aromatic heterocycles. The van der Waals surface area contributed by atoms with Crippen LogP contribution in [-0.2, 0) is 4.79 Å². The fraction of sp³-hybridized carbons (Fsp3) is 0.636. The molecule has 2 rings (SSSR count). The van der Waals surface area contributed by atoms with Crippen molar-refractivity contribution in [2.24, 2.45) is 0 Å². The lowest BCUT2D eigenvalue weighted by Gasteiger charge is -2.31. The summed E-state index contributed by atoms with van der Waals surface area (Å²) < 4.78 is 1.90. The van der Waals surface area contributed by atoms with Crippen LogP contribution in [0.25, 0.3) is 0 Å². The molecule has 0 radical (unpaired) electrons. The van der Waals surface area contributed by atoms with Crippen LogP contribution in [0.4, 0.5) is 5.82 Å². The van der Waals surface area contributed by atoms with Gasteiger partial charge in [-0.3, -0.25) is 4.79 Å². The van der Waals surface area contributed by atoms with Gasteiger partial charge in [-0.15, -0.1) is 0 Å². The zero-order valence-electron chi connectivity index (χ0n) is 9.81. The molecular weight excluding hydrogens is 204 g/mol. The van der Waals surface area contributed by atoms with Crippen LogP contribution in [0.15, 0.2) is 6.07 Å². The van der Waals surface area contributed by atoms with Crippen molar-refractivity contribution >= 4 is 11.7 Å². The van der Waals surface area contributed by atoms with Crippen molar-refractivity contribution in [2.75, 3.05) is 18.8 Å². The smallest absolute Gasteiger partial charge is 0.219 e. The Morgan fingerprint density at radius 1 is 1.50 bits per heavy atom. The number of hydrogen-bond donors (Lipinski definition) is 1. The monoisotopic (exact) mass is 222 g/mol. The Kier molecular flexibility index (Phi) is 2.85. The number of aromatic nitrogens is 2. The molecule has 1 saturated heterocycles. The largest absolute Gasteiger partial charge is 0.384 e. The number of hydrogen-bond acceptors (Lipinski definition) is 3. The summed E-state index contributed by atoms with van der Waals surface area (Å²) in [4.78, 5) is 13.1. The molecule has 0 aromatic carbocycles. The Morgan fingerprint density at radius 3 is 2.56 bits per heavy atom. The highest BCUT2D eigenvalue weighted by molar-refractivity contribution is 5.73. The molecule has 0 atom stereocenters. The zero-order chi connectivity index (χ0) is 11.7. The molecule has 0 spiro atoms. The molecule has 2 N–H and O–H groups in total. The molecule has 0 saturated carbocycles. The number of nitrogen functional groups attached to an aromatic ring is 1. The second-order valence-electron chi connectivity index (χ2n) is 4.39. The van der Waals surface area contributed by atoms with Gasteiger partial charge >= 0.3 is 0 Å². The Hall–Kier alpha value is -1.52. The minimum atomic E-state index is 0.156. The summed E-state index contributed by atoms with van der Waals surface area (Å²) in [7, 11) is 0. The minimum absolute atomic E-state index is 0.156. The number of likely N-dealkylation sites (tertiary alicyclic amines) is 1. The van der Waals surface area contributed by atoms with E-state index in [-0.39, 0.29) is 5.91 Å². The molecule has 88 valence electrons. The van der Waals surface area contributed by atoms with Crippen LogP contribution in [-0.4, -0.2) is 33.7 Å². The molecule has 0 bridgehead atoms. The highest BCUT2D eigenvalue weighted by Crippen LogP contribution is 2.24. The number of carbonyl (C=O) groups excluding carboxylic acids is 1. The van der Waals surface area contributed by atoms with Gasteiger partial charge in [0.15, 0.2) is 0 Å². The Balaban J connectivity index is 2.04. The SMILES string of the molecule is CC(=O)N1CCC(n2nc(C)cc2N)CC1. The van der Waals surface area contributed by atoms with E-state index in [0.717, 1.165) is 37.4 Å². The summed E-state index contributed by atoms with van der Waals surface area (Å²) in [5.74, 6) is 0.877. The lowest BCUT2D eigenvalue weighted by atomic mass is 10.1. The molecule has 2 heterocycles. The second-order valence-corrected chi connectivity index (χ2v) is 4.39. The third-order valence-corrected chi connectivity index (χ3v) is 3.14. The van der Waals surface area contributed by atoms with Crippen molar-refractivity contribution in [3.05, 3.63) is 11.8 Å². The first-order chi connectivity index (χ1) is 7.58. The first-order valence-corrected chi connectivity index (χ1v) is 5.65. The first-order valence-electron chi connectivity index (χ1n) is 5.65. The van der Waals surface area contributed by atoms with Crippen LogP contribution in [0.5, 0.6) is 0 Å². The summed E-state index contributed by atoms with van der Waals surface area (Å²) in [5.41, 5.74) is 6.84. The molecule has 1 aliphatic heterocycles. The molecule has 1 aliphatic rings. The number of nitrogens with two attached hydrogens (primary N) is 1. The van der Waals surface area contributed by atoms with E-state index in [9.17, 15) is 4.79 Å². The molecule has 1 fully saturated rings. The molecule has 1 aromatic rings. The molecule has 16 heavy (non-hydrogen) atoms. The highest BCUT2D eigenvalue weighted by Gasteiger charge is 2.23. The quantitative estimate of drug-likeness (QED) is 0.769. The van der Waals surface area contributed by atoms with Crippen molar-refractivity contribution in [3.8, 4) is 0 Å². The van der Waals surface area contributed by atoms with Gasteiger partial charge in [0, 0.05) is 26.1 Å². The van der Waals surface area contributed by atoms with Gasteiger partial charge in [0.1, 0.15) is 5.82 Å². The summed E-state index contributed by atoms with van der Waals surface area (Å²) in [6, 6.07) is 2.22. The molecule has 5 heteroatoms. The van der Waals surface area contributed by atoms with Crippen molar-refractivity contribution < 1.29 is 4.79 Å². The van der Waals surface area contributed by atoms with E-state index < -0.39 is 0 Å². The van der Waals surface area contributed by atoms with E-state index in [1.54, 1.807) is 6.92 Å². The standard InChI is InChI=1S/C11H18N4O/c1-8-7-11(12)15(13-8)10-3-5-14(6-4-10)9(2)16/h7,10H,3-6,12H2,1-2H3. The maximum atomic E-state index is 11.2. The fourth-order valence-corrected chi connectivity index (χ4v) is 2.25. The van der Waals surface area contributed by atoms with E-state index in [2.05, 4.69) is 5.10 Å². The van der Waals surface area contributed by atoms with Gasteiger partial charge in [-0.05, 0) is 19.8 Å². The topological polar surface area (TPSA) is 64.2 Å². The molecular formula is C11H18N4O. The molecule has 0 unspecified atom stereocenters. The van der Waals surface area contributed by atoms with Crippen LogP contribution >= 0.6 is 0 Å². The van der Waals surface area contributed by atoms with Gasteiger partial charge in [-0.1, -0.05) is 0 Å². The molecule has 5 nitrogen and oxygen atoms in total. The lowest BCUT2D eigenvalue weighted by Crippen LogP contribution is -2.38. The third-order valence-electron chi connectivity index (χ3n) is 3.14. The Morgan fingerprint density at radius 2 is 2.12 bits per heavy atom. The Bertz CT molecular complexity index is 391. The third kappa shape index (κ3) is 2.03. The number of piperidine rings is 1. The minimum Gasteiger partial charge on any atom is -0.384 e. The van der Waals surface area contributed by atoms with Crippen LogP contribution in [0, 0.1) is 6.92 Å². The predicted octanol–water partition coefficient (Wildman–Crippen LogP) is 0.957. The van der Waals surface area contributed by atoms with E-state index in [1.807, 2.05) is 22.6 Å². The van der Waals surface area contributed by atoms with E-state index >= 15 is 0 Å². The van der Waals surface area contributed by atoms with Gasteiger partial charge in [-0.2, -0.15) is 5.10 Å². The highest BCUT2D eigenvalue weighted by atomic mass is 16.2. The lowest BCUT2D eigenvalue weighted by molar-refractivity contribution is -0.130. The maximum absolute atomic E-state index is 11.2. The molecule has 1 amide bonds. The van der Waals surface area contributed by atoms with Crippen molar-refractivity contribution in [1.29, 1.82) is 0 Å². The normalized spacial score (nSPS) is 17.8. The van der Waals surface area contributed by atoms with Crippen LogP contribution in [0.3, 0.4) is 0 Å². The number of anilines is 1. The van der Waals surface area contributed by atoms with Gasteiger partial charge in [-0.25, -0.2) is 4.68 Å². The van der Waals surface area contributed by atoms with E-state index in [1.165, 1.54) is 0 Å². The first kappa shape index (κ1) is 11.0. The molecule has 0 aliphatic carbocycles. The predicted molar refractivity (Wildman–Crippen MR) is 61.9 cm³/mol. The fourth-order valence-electron chi connectivity index (χ4n) is 2.25. The Labute approximate surface area is 95.2 Å². The van der Waals surface area contributed by atoms with E-state index in [0.29, 0.717) is 6.04 Å². The van der Waals surface area contributed by atoms with Crippen LogP contribution in [0.2, 0.25) is 0 Å². The summed E-state index contributed by atoms with van der Waals surface area (Å²) >= 11 is 0. The maximum Gasteiger partial charge on any atom is 0.219 e.